The fourth-order valence-corrected chi connectivity index (χ4v) is 5.76. The number of primary amides is 1. The third-order valence-electron chi connectivity index (χ3n) is 6.16. The smallest absolute Gasteiger partial charge is 0.249 e. The van der Waals surface area contributed by atoms with Crippen molar-refractivity contribution in [3.05, 3.63) is 78.5 Å². The Balaban J connectivity index is 1.53. The van der Waals surface area contributed by atoms with Gasteiger partial charge in [-0.25, -0.2) is 22.8 Å². The monoisotopic (exact) mass is 503 g/mol. The van der Waals surface area contributed by atoms with Crippen LogP contribution in [0.25, 0.3) is 44.9 Å². The van der Waals surface area contributed by atoms with E-state index in [4.69, 9.17) is 10.2 Å². The van der Waals surface area contributed by atoms with Crippen LogP contribution in [-0.2, 0) is 9.84 Å². The maximum Gasteiger partial charge on any atom is 0.249 e. The number of furan rings is 1. The van der Waals surface area contributed by atoms with E-state index in [0.717, 1.165) is 0 Å². The number of hydrogen-bond acceptors (Lipinski definition) is 7. The summed E-state index contributed by atoms with van der Waals surface area (Å²) in [5.41, 5.74) is 8.91. The molecule has 0 saturated carbocycles. The van der Waals surface area contributed by atoms with Crippen LogP contribution in [0.2, 0.25) is 0 Å². The Bertz CT molecular complexity index is 1750. The molecule has 0 atom stereocenters. The van der Waals surface area contributed by atoms with Crippen molar-refractivity contribution < 1.29 is 22.0 Å². The summed E-state index contributed by atoms with van der Waals surface area (Å²) in [5, 5.41) is 5.23. The lowest BCUT2D eigenvalue weighted by Crippen LogP contribution is -2.38. The maximum absolute atomic E-state index is 13.6. The lowest BCUT2D eigenvalue weighted by Gasteiger charge is -2.25. The van der Waals surface area contributed by atoms with Gasteiger partial charge >= 0.3 is 0 Å². The summed E-state index contributed by atoms with van der Waals surface area (Å²) in [5.74, 6) is -0.595. The SMILES string of the molecule is NC(=O)c1ccccc1-c1cc2c(-c3cn(C4CS(=O)(=O)C4)nc3-c3ccc(F)cc3)ncnc2o1. The van der Waals surface area contributed by atoms with Gasteiger partial charge in [-0.1, -0.05) is 18.2 Å². The number of nitrogens with two attached hydrogens (primary N) is 1. The van der Waals surface area contributed by atoms with Crippen molar-refractivity contribution in [3.8, 4) is 33.8 Å². The van der Waals surface area contributed by atoms with Gasteiger partial charge in [0.2, 0.25) is 11.6 Å². The number of benzene rings is 2. The Morgan fingerprint density at radius 1 is 1.03 bits per heavy atom. The lowest BCUT2D eigenvalue weighted by molar-refractivity contribution is 0.100. The molecule has 1 fully saturated rings. The van der Waals surface area contributed by atoms with Gasteiger partial charge in [-0.15, -0.1) is 0 Å². The molecule has 0 spiro atoms. The van der Waals surface area contributed by atoms with Crippen LogP contribution in [0.15, 0.2) is 71.5 Å². The molecule has 1 saturated heterocycles. The summed E-state index contributed by atoms with van der Waals surface area (Å²) in [6, 6.07) is 14.1. The lowest BCUT2D eigenvalue weighted by atomic mass is 10.0. The topological polar surface area (TPSA) is 134 Å². The summed E-state index contributed by atoms with van der Waals surface area (Å²) < 4.78 is 44.8. The van der Waals surface area contributed by atoms with Crippen LogP contribution >= 0.6 is 0 Å². The van der Waals surface area contributed by atoms with Gasteiger partial charge < -0.3 is 10.2 Å². The van der Waals surface area contributed by atoms with Gasteiger partial charge in [0.1, 0.15) is 23.6 Å². The first-order valence-electron chi connectivity index (χ1n) is 11.0. The number of aromatic nitrogens is 4. The molecule has 0 unspecified atom stereocenters. The fraction of sp³-hybridized carbons (Fsp3) is 0.120. The predicted octanol–water partition coefficient (Wildman–Crippen LogP) is 3.63. The predicted molar refractivity (Wildman–Crippen MR) is 130 cm³/mol. The van der Waals surface area contributed by atoms with E-state index in [0.29, 0.717) is 50.5 Å². The number of rotatable bonds is 5. The van der Waals surface area contributed by atoms with Crippen molar-refractivity contribution in [3.63, 3.8) is 0 Å². The standard InChI is InChI=1S/C25H18FN5O4S/c26-15-7-5-14(6-8-15)22-20(10-31(30-22)16-11-36(33,34)12-16)23-19-9-21(35-25(19)29-13-28-23)17-3-1-2-4-18(17)24(27)32/h1-10,13,16H,11-12H2,(H2,27,32). The summed E-state index contributed by atoms with van der Waals surface area (Å²) in [4.78, 5) is 20.7. The van der Waals surface area contributed by atoms with E-state index in [1.165, 1.54) is 18.5 Å². The zero-order valence-corrected chi connectivity index (χ0v) is 19.4. The highest BCUT2D eigenvalue weighted by molar-refractivity contribution is 7.92. The number of sulfone groups is 1. The van der Waals surface area contributed by atoms with Crippen molar-refractivity contribution in [2.45, 2.75) is 6.04 Å². The Kier molecular flexibility index (Phi) is 4.97. The molecule has 0 radical (unpaired) electrons. The molecule has 2 aromatic carbocycles. The molecule has 1 aliphatic rings. The molecule has 0 bridgehead atoms. The number of carbonyl (C=O) groups excluding carboxylic acids is 1. The molecule has 5 aromatic rings. The molecule has 180 valence electrons. The molecule has 1 amide bonds. The molecule has 3 aromatic heterocycles. The highest BCUT2D eigenvalue weighted by Crippen LogP contribution is 2.38. The maximum atomic E-state index is 13.6. The van der Waals surface area contributed by atoms with E-state index in [1.54, 1.807) is 53.3 Å². The summed E-state index contributed by atoms with van der Waals surface area (Å²) >= 11 is 0. The molecule has 36 heavy (non-hydrogen) atoms. The molecule has 1 aliphatic heterocycles. The van der Waals surface area contributed by atoms with Crippen LogP contribution in [0, 0.1) is 5.82 Å². The molecule has 11 heteroatoms. The number of halogens is 1. The highest BCUT2D eigenvalue weighted by Gasteiger charge is 2.36. The first-order valence-corrected chi connectivity index (χ1v) is 12.8. The van der Waals surface area contributed by atoms with Gasteiger partial charge in [0.05, 0.1) is 34.2 Å². The number of amides is 1. The number of nitrogens with zero attached hydrogens (tertiary/aromatic N) is 4. The van der Waals surface area contributed by atoms with Gasteiger partial charge in [0.25, 0.3) is 0 Å². The average Bonchev–Trinajstić information content (AvgIpc) is 3.47. The van der Waals surface area contributed by atoms with Gasteiger partial charge in [-0.2, -0.15) is 5.10 Å². The molecule has 4 heterocycles. The minimum absolute atomic E-state index is 0.00405. The van der Waals surface area contributed by atoms with Crippen molar-refractivity contribution in [2.24, 2.45) is 5.73 Å². The molecular formula is C25H18FN5O4S. The van der Waals surface area contributed by atoms with E-state index >= 15 is 0 Å². The van der Waals surface area contributed by atoms with Crippen LogP contribution in [0.1, 0.15) is 16.4 Å². The van der Waals surface area contributed by atoms with Crippen LogP contribution in [0.3, 0.4) is 0 Å². The summed E-state index contributed by atoms with van der Waals surface area (Å²) in [6.07, 6.45) is 3.09. The second-order valence-electron chi connectivity index (χ2n) is 8.57. The average molecular weight is 504 g/mol. The van der Waals surface area contributed by atoms with Crippen LogP contribution in [-0.4, -0.2) is 45.6 Å². The normalized spacial score (nSPS) is 15.1. The number of carbonyl (C=O) groups is 1. The van der Waals surface area contributed by atoms with Crippen LogP contribution < -0.4 is 5.73 Å². The summed E-state index contributed by atoms with van der Waals surface area (Å²) in [7, 11) is -3.08. The van der Waals surface area contributed by atoms with Gasteiger partial charge in [-0.3, -0.25) is 9.48 Å². The first-order chi connectivity index (χ1) is 17.3. The Morgan fingerprint density at radius 3 is 2.50 bits per heavy atom. The Labute approximate surface area is 204 Å². The van der Waals surface area contributed by atoms with Gasteiger partial charge in [-0.05, 0) is 36.4 Å². The second-order valence-corrected chi connectivity index (χ2v) is 10.7. The highest BCUT2D eigenvalue weighted by atomic mass is 32.2. The van der Waals surface area contributed by atoms with Crippen molar-refractivity contribution in [1.82, 2.24) is 19.7 Å². The Hall–Kier alpha value is -4.38. The van der Waals surface area contributed by atoms with Crippen molar-refractivity contribution in [1.29, 1.82) is 0 Å². The number of fused-ring (bicyclic) bond motifs is 1. The molecule has 0 aliphatic carbocycles. The minimum atomic E-state index is -3.08. The van der Waals surface area contributed by atoms with E-state index in [-0.39, 0.29) is 23.4 Å². The zero-order chi connectivity index (χ0) is 25.0. The third kappa shape index (κ3) is 3.73. The molecule has 6 rings (SSSR count). The van der Waals surface area contributed by atoms with Crippen LogP contribution in [0.4, 0.5) is 4.39 Å². The minimum Gasteiger partial charge on any atom is -0.438 e. The van der Waals surface area contributed by atoms with Crippen molar-refractivity contribution in [2.75, 3.05) is 11.5 Å². The van der Waals surface area contributed by atoms with E-state index in [1.807, 2.05) is 0 Å². The quantitative estimate of drug-likeness (QED) is 0.387. The summed E-state index contributed by atoms with van der Waals surface area (Å²) in [6.45, 7) is 0. The van der Waals surface area contributed by atoms with Gasteiger partial charge in [0, 0.05) is 22.9 Å². The van der Waals surface area contributed by atoms with E-state index in [2.05, 4.69) is 15.1 Å². The molecule has 9 nitrogen and oxygen atoms in total. The second kappa shape index (κ2) is 8.09. The largest absolute Gasteiger partial charge is 0.438 e. The molecule has 2 N–H and O–H groups in total. The van der Waals surface area contributed by atoms with E-state index in [9.17, 15) is 17.6 Å². The molecular weight excluding hydrogens is 485 g/mol. The Morgan fingerprint density at radius 2 is 1.78 bits per heavy atom. The van der Waals surface area contributed by atoms with Crippen molar-refractivity contribution >= 4 is 26.8 Å². The first kappa shape index (κ1) is 22.1. The fourth-order valence-electron chi connectivity index (χ4n) is 4.38. The zero-order valence-electron chi connectivity index (χ0n) is 18.6. The van der Waals surface area contributed by atoms with E-state index < -0.39 is 15.7 Å². The third-order valence-corrected chi connectivity index (χ3v) is 7.94. The number of hydrogen-bond donors (Lipinski definition) is 1. The van der Waals surface area contributed by atoms with Crippen LogP contribution in [0.5, 0.6) is 0 Å². The van der Waals surface area contributed by atoms with Gasteiger partial charge in [0.15, 0.2) is 9.84 Å².